The minimum atomic E-state index is -4.08. The van der Waals surface area contributed by atoms with E-state index in [0.717, 1.165) is 12.8 Å². The maximum Gasteiger partial charge on any atom is 0.339 e. The monoisotopic (exact) mass is 415 g/mol. The lowest BCUT2D eigenvalue weighted by Gasteiger charge is -2.15. The minimum Gasteiger partial charge on any atom is -0.379 e. The van der Waals surface area contributed by atoms with Crippen LogP contribution in [0.5, 0.6) is 5.75 Å². The molecule has 1 heterocycles. The Labute approximate surface area is 158 Å². The van der Waals surface area contributed by atoms with Crippen molar-refractivity contribution in [1.82, 2.24) is 4.31 Å². The molecule has 9 heteroatoms. The molecular weight excluding hydrogens is 398 g/mol. The van der Waals surface area contributed by atoms with E-state index in [-0.39, 0.29) is 15.5 Å². The number of benzene rings is 2. The second-order valence-electron chi connectivity index (χ2n) is 6.03. The van der Waals surface area contributed by atoms with E-state index in [0.29, 0.717) is 23.7 Å². The van der Waals surface area contributed by atoms with Crippen molar-refractivity contribution < 1.29 is 21.0 Å². The van der Waals surface area contributed by atoms with Crippen LogP contribution in [0.2, 0.25) is 5.02 Å². The number of hydrogen-bond acceptors (Lipinski definition) is 5. The minimum absolute atomic E-state index is 0.0701. The van der Waals surface area contributed by atoms with Gasteiger partial charge < -0.3 is 4.18 Å². The molecule has 0 atom stereocenters. The Morgan fingerprint density at radius 2 is 1.50 bits per heavy atom. The molecule has 1 aliphatic rings. The molecule has 1 aliphatic heterocycles. The molecule has 0 unspecified atom stereocenters. The number of halogens is 1. The molecule has 0 aliphatic carbocycles. The van der Waals surface area contributed by atoms with Gasteiger partial charge in [0.05, 0.1) is 4.90 Å². The van der Waals surface area contributed by atoms with Gasteiger partial charge in [-0.25, -0.2) is 8.42 Å². The van der Waals surface area contributed by atoms with Crippen LogP contribution in [-0.2, 0) is 20.1 Å². The van der Waals surface area contributed by atoms with Gasteiger partial charge in [-0.15, -0.1) is 0 Å². The van der Waals surface area contributed by atoms with E-state index < -0.39 is 20.1 Å². The predicted octanol–water partition coefficient (Wildman–Crippen LogP) is 3.20. The van der Waals surface area contributed by atoms with E-state index in [1.807, 2.05) is 0 Å². The van der Waals surface area contributed by atoms with Crippen molar-refractivity contribution in [3.63, 3.8) is 0 Å². The summed E-state index contributed by atoms with van der Waals surface area (Å²) in [4.78, 5) is -0.0498. The number of rotatable bonds is 5. The highest BCUT2D eigenvalue weighted by Gasteiger charge is 2.27. The van der Waals surface area contributed by atoms with Gasteiger partial charge in [-0.1, -0.05) is 11.6 Å². The summed E-state index contributed by atoms with van der Waals surface area (Å²) in [7, 11) is -7.66. The van der Waals surface area contributed by atoms with Gasteiger partial charge in [-0.3, -0.25) is 0 Å². The van der Waals surface area contributed by atoms with Crippen molar-refractivity contribution in [2.75, 3.05) is 13.1 Å². The largest absolute Gasteiger partial charge is 0.379 e. The lowest BCUT2D eigenvalue weighted by atomic mass is 10.2. The fraction of sp³-hybridized carbons (Fsp3) is 0.294. The molecule has 0 N–H and O–H groups in total. The lowest BCUT2D eigenvalue weighted by molar-refractivity contribution is 0.476. The van der Waals surface area contributed by atoms with E-state index in [1.165, 1.54) is 40.7 Å². The van der Waals surface area contributed by atoms with Crippen molar-refractivity contribution in [2.45, 2.75) is 29.6 Å². The lowest BCUT2D eigenvalue weighted by Crippen LogP contribution is -2.27. The Bertz CT molecular complexity index is 1010. The first-order chi connectivity index (χ1) is 12.2. The molecular formula is C17H18ClNO5S2. The summed E-state index contributed by atoms with van der Waals surface area (Å²) in [6.45, 7) is 2.71. The van der Waals surface area contributed by atoms with Gasteiger partial charge in [0.2, 0.25) is 10.0 Å². The Hall–Kier alpha value is -1.61. The molecule has 26 heavy (non-hydrogen) atoms. The molecule has 3 rings (SSSR count). The van der Waals surface area contributed by atoms with Gasteiger partial charge in [-0.05, 0) is 67.8 Å². The molecule has 0 spiro atoms. The molecule has 140 valence electrons. The first-order valence-electron chi connectivity index (χ1n) is 8.01. The van der Waals surface area contributed by atoms with Gasteiger partial charge in [-0.2, -0.15) is 12.7 Å². The summed E-state index contributed by atoms with van der Waals surface area (Å²) in [5, 5.41) is 0.506. The molecule has 0 amide bonds. The molecule has 0 bridgehead atoms. The van der Waals surface area contributed by atoms with Crippen LogP contribution in [-0.4, -0.2) is 34.2 Å². The molecule has 1 saturated heterocycles. The third-order valence-corrected chi connectivity index (χ3v) is 7.75. The number of nitrogens with zero attached hydrogens (tertiary/aromatic N) is 1. The zero-order valence-electron chi connectivity index (χ0n) is 14.1. The number of sulfonamides is 1. The van der Waals surface area contributed by atoms with Crippen LogP contribution in [0, 0.1) is 6.92 Å². The average molecular weight is 416 g/mol. The molecule has 0 saturated carbocycles. The maximum absolute atomic E-state index is 12.5. The van der Waals surface area contributed by atoms with Crippen molar-refractivity contribution in [1.29, 1.82) is 0 Å². The van der Waals surface area contributed by atoms with Gasteiger partial charge >= 0.3 is 10.1 Å². The zero-order chi connectivity index (χ0) is 18.9. The van der Waals surface area contributed by atoms with Crippen LogP contribution < -0.4 is 4.18 Å². The molecule has 2 aromatic carbocycles. The van der Waals surface area contributed by atoms with E-state index in [4.69, 9.17) is 15.8 Å². The SMILES string of the molecule is Cc1cc(OS(=O)(=O)c2ccc(S(=O)(=O)N3CCCC3)cc2)ccc1Cl. The summed E-state index contributed by atoms with van der Waals surface area (Å²) in [5.41, 5.74) is 0.687. The van der Waals surface area contributed by atoms with Crippen molar-refractivity contribution >= 4 is 31.7 Å². The van der Waals surface area contributed by atoms with E-state index in [1.54, 1.807) is 13.0 Å². The van der Waals surface area contributed by atoms with Crippen LogP contribution in [0.3, 0.4) is 0 Å². The zero-order valence-corrected chi connectivity index (χ0v) is 16.4. The molecule has 0 radical (unpaired) electrons. The highest BCUT2D eigenvalue weighted by Crippen LogP contribution is 2.26. The maximum atomic E-state index is 12.5. The molecule has 0 aromatic heterocycles. The third-order valence-electron chi connectivity index (χ3n) is 4.15. The molecule has 1 fully saturated rings. The van der Waals surface area contributed by atoms with Crippen LogP contribution in [0.25, 0.3) is 0 Å². The average Bonchev–Trinajstić information content (AvgIpc) is 3.13. The first-order valence-corrected chi connectivity index (χ1v) is 11.2. The highest BCUT2D eigenvalue weighted by molar-refractivity contribution is 7.89. The Kier molecular flexibility index (Phi) is 5.30. The van der Waals surface area contributed by atoms with Crippen LogP contribution in [0.15, 0.2) is 52.3 Å². The summed E-state index contributed by atoms with van der Waals surface area (Å²) in [6.07, 6.45) is 1.67. The Morgan fingerprint density at radius 3 is 2.08 bits per heavy atom. The van der Waals surface area contributed by atoms with Crippen LogP contribution in [0.1, 0.15) is 18.4 Å². The van der Waals surface area contributed by atoms with Crippen molar-refractivity contribution in [2.24, 2.45) is 0 Å². The standard InChI is InChI=1S/C17H18ClNO5S2/c1-13-12-14(4-9-17(13)18)24-26(22,23)16-7-5-15(6-8-16)25(20,21)19-10-2-3-11-19/h4-9,12H,2-3,10-11H2,1H3. The van der Waals surface area contributed by atoms with E-state index >= 15 is 0 Å². The normalized spacial score (nSPS) is 15.9. The molecule has 2 aromatic rings. The van der Waals surface area contributed by atoms with E-state index in [9.17, 15) is 16.8 Å². The fourth-order valence-corrected chi connectivity index (χ4v) is 5.26. The highest BCUT2D eigenvalue weighted by atomic mass is 35.5. The summed E-state index contributed by atoms with van der Waals surface area (Å²) >= 11 is 5.92. The smallest absolute Gasteiger partial charge is 0.339 e. The van der Waals surface area contributed by atoms with E-state index in [2.05, 4.69) is 0 Å². The Balaban J connectivity index is 1.83. The second kappa shape index (κ2) is 7.19. The second-order valence-corrected chi connectivity index (χ2v) is 9.92. The van der Waals surface area contributed by atoms with Gasteiger partial charge in [0.25, 0.3) is 0 Å². The van der Waals surface area contributed by atoms with Gasteiger partial charge in [0.1, 0.15) is 10.6 Å². The van der Waals surface area contributed by atoms with Gasteiger partial charge in [0.15, 0.2) is 0 Å². The summed E-state index contributed by atoms with van der Waals surface area (Å²) in [5.74, 6) is 0.140. The quantitative estimate of drug-likeness (QED) is 0.700. The van der Waals surface area contributed by atoms with Crippen molar-refractivity contribution in [3.8, 4) is 5.75 Å². The number of hydrogen-bond donors (Lipinski definition) is 0. The summed E-state index contributed by atoms with van der Waals surface area (Å²) in [6, 6.07) is 9.58. The summed E-state index contributed by atoms with van der Waals surface area (Å²) < 4.78 is 56.3. The topological polar surface area (TPSA) is 80.8 Å². The van der Waals surface area contributed by atoms with Crippen LogP contribution >= 0.6 is 11.6 Å². The first kappa shape index (κ1) is 19.2. The van der Waals surface area contributed by atoms with Gasteiger partial charge in [0, 0.05) is 18.1 Å². The molecule has 6 nitrogen and oxygen atoms in total. The fourth-order valence-electron chi connectivity index (χ4n) is 2.70. The third kappa shape index (κ3) is 3.88. The predicted molar refractivity (Wildman–Crippen MR) is 98.4 cm³/mol. The Morgan fingerprint density at radius 1 is 0.923 bits per heavy atom. The van der Waals surface area contributed by atoms with Crippen molar-refractivity contribution in [3.05, 3.63) is 53.1 Å². The van der Waals surface area contributed by atoms with Crippen LogP contribution in [0.4, 0.5) is 0 Å². The number of aryl methyl sites for hydroxylation is 1.